The second-order valence-electron chi connectivity index (χ2n) is 6.53. The van der Waals surface area contributed by atoms with E-state index in [-0.39, 0.29) is 5.91 Å². The summed E-state index contributed by atoms with van der Waals surface area (Å²) in [6.07, 6.45) is 2.00. The summed E-state index contributed by atoms with van der Waals surface area (Å²) in [5.41, 5.74) is 2.87. The van der Waals surface area contributed by atoms with Crippen LogP contribution in [0.1, 0.15) is 15.9 Å². The van der Waals surface area contributed by atoms with E-state index in [1.807, 2.05) is 41.5 Å². The number of carbonyl (C=O) groups is 1. The van der Waals surface area contributed by atoms with E-state index in [9.17, 15) is 4.79 Å². The van der Waals surface area contributed by atoms with Crippen LogP contribution in [-0.4, -0.2) is 44.3 Å². The van der Waals surface area contributed by atoms with Gasteiger partial charge in [0.1, 0.15) is 0 Å². The van der Waals surface area contributed by atoms with Crippen LogP contribution in [-0.2, 0) is 0 Å². The molecule has 0 spiro atoms. The zero-order chi connectivity index (χ0) is 18.7. The van der Waals surface area contributed by atoms with Crippen molar-refractivity contribution in [2.45, 2.75) is 11.8 Å². The number of aryl methyl sites for hydroxylation is 1. The van der Waals surface area contributed by atoms with Crippen molar-refractivity contribution in [3.63, 3.8) is 0 Å². The van der Waals surface area contributed by atoms with Crippen LogP contribution < -0.4 is 9.80 Å². The molecule has 0 bridgehead atoms. The van der Waals surface area contributed by atoms with Crippen LogP contribution in [0.15, 0.2) is 47.4 Å². The molecule has 136 valence electrons. The van der Waals surface area contributed by atoms with Crippen LogP contribution in [0, 0.1) is 6.92 Å². The highest BCUT2D eigenvalue weighted by Gasteiger charge is 2.24. The molecule has 0 radical (unpaired) electrons. The smallest absolute Gasteiger partial charge is 0.261 e. The minimum absolute atomic E-state index is 0.0212. The van der Waals surface area contributed by atoms with Crippen molar-refractivity contribution in [2.75, 3.05) is 38.3 Å². The molecule has 26 heavy (non-hydrogen) atoms. The number of aromatic nitrogens is 1. The number of hydrogen-bond acceptors (Lipinski definition) is 4. The number of para-hydroxylation sites is 1. The molecule has 0 aliphatic rings. The number of benzene rings is 2. The number of amides is 1. The van der Waals surface area contributed by atoms with Gasteiger partial charge >= 0.3 is 0 Å². The monoisotopic (exact) mass is 386 g/mol. The van der Waals surface area contributed by atoms with Crippen LogP contribution in [0.25, 0.3) is 10.2 Å². The summed E-state index contributed by atoms with van der Waals surface area (Å²) < 4.78 is 1.12. The van der Waals surface area contributed by atoms with E-state index in [2.05, 4.69) is 33.2 Å². The van der Waals surface area contributed by atoms with Crippen molar-refractivity contribution in [3.05, 3.63) is 53.6 Å². The minimum Gasteiger partial charge on any atom is -0.338 e. The van der Waals surface area contributed by atoms with Gasteiger partial charge < -0.3 is 4.90 Å². The Bertz CT molecular complexity index is 920. The van der Waals surface area contributed by atoms with Crippen LogP contribution >= 0.6 is 23.1 Å². The molecule has 4 nitrogen and oxygen atoms in total. The number of anilines is 1. The number of nitrogens with zero attached hydrogens (tertiary/aromatic N) is 2. The van der Waals surface area contributed by atoms with Gasteiger partial charge in [-0.25, -0.2) is 4.98 Å². The summed E-state index contributed by atoms with van der Waals surface area (Å²) in [5, 5.41) is 0.774. The number of likely N-dealkylation sites (N-methyl/N-ethyl adjacent to an activating group) is 1. The Morgan fingerprint density at radius 1 is 1.19 bits per heavy atom. The van der Waals surface area contributed by atoms with Gasteiger partial charge in [0.25, 0.3) is 5.91 Å². The van der Waals surface area contributed by atoms with Gasteiger partial charge in [-0.3, -0.25) is 9.69 Å². The molecule has 0 atom stereocenters. The Kier molecular flexibility index (Phi) is 5.96. The molecule has 1 amide bonds. The molecule has 1 N–H and O–H groups in total. The molecule has 0 saturated heterocycles. The van der Waals surface area contributed by atoms with Crippen molar-refractivity contribution in [1.29, 1.82) is 0 Å². The number of thioether (sulfide) groups is 1. The predicted octanol–water partition coefficient (Wildman–Crippen LogP) is 3.12. The lowest BCUT2D eigenvalue weighted by molar-refractivity contribution is -0.856. The average Bonchev–Trinajstić information content (AvgIpc) is 3.06. The van der Waals surface area contributed by atoms with E-state index < -0.39 is 0 Å². The van der Waals surface area contributed by atoms with Gasteiger partial charge in [-0.15, -0.1) is 11.8 Å². The van der Waals surface area contributed by atoms with Gasteiger partial charge in [0.05, 0.1) is 43.0 Å². The van der Waals surface area contributed by atoms with E-state index in [4.69, 9.17) is 4.98 Å². The molecule has 0 fully saturated rings. The first-order valence-corrected chi connectivity index (χ1v) is 10.7. The number of hydrogen-bond donors (Lipinski definition) is 1. The maximum atomic E-state index is 13.4. The lowest BCUT2D eigenvalue weighted by atomic mass is 10.2. The molecular weight excluding hydrogens is 362 g/mol. The highest BCUT2D eigenvalue weighted by atomic mass is 32.2. The molecular formula is C20H24N3OS2+. The minimum atomic E-state index is 0.0212. The Labute approximate surface area is 162 Å². The number of thiazole rings is 1. The van der Waals surface area contributed by atoms with Gasteiger partial charge in [-0.2, -0.15) is 0 Å². The molecule has 0 unspecified atom stereocenters. The van der Waals surface area contributed by atoms with Crippen LogP contribution in [0.3, 0.4) is 0 Å². The van der Waals surface area contributed by atoms with E-state index >= 15 is 0 Å². The summed E-state index contributed by atoms with van der Waals surface area (Å²) in [5.74, 6) is 0.0212. The van der Waals surface area contributed by atoms with E-state index in [0.29, 0.717) is 6.54 Å². The zero-order valence-corrected chi connectivity index (χ0v) is 17.2. The second kappa shape index (κ2) is 8.20. The number of quaternary nitrogens is 1. The van der Waals surface area contributed by atoms with Crippen LogP contribution in [0.4, 0.5) is 5.13 Å². The maximum Gasteiger partial charge on any atom is 0.261 e. The SMILES string of the molecule is CSc1ccccc1C(=O)N(CC[NH+](C)C)c1nc2c(C)cccc2s1. The van der Waals surface area contributed by atoms with Crippen molar-refractivity contribution < 1.29 is 9.69 Å². The quantitative estimate of drug-likeness (QED) is 0.662. The summed E-state index contributed by atoms with van der Waals surface area (Å²) in [6.45, 7) is 3.57. The van der Waals surface area contributed by atoms with Crippen LogP contribution in [0.2, 0.25) is 0 Å². The fraction of sp³-hybridized carbons (Fsp3) is 0.300. The first-order chi connectivity index (χ1) is 12.5. The first-order valence-electron chi connectivity index (χ1n) is 8.61. The third-order valence-corrected chi connectivity index (χ3v) is 6.10. The molecule has 1 aromatic heterocycles. The van der Waals surface area contributed by atoms with E-state index in [1.54, 1.807) is 23.1 Å². The Balaban J connectivity index is 2.03. The molecule has 0 aliphatic carbocycles. The molecule has 0 aliphatic heterocycles. The van der Waals surface area contributed by atoms with Crippen molar-refractivity contribution in [3.8, 4) is 0 Å². The zero-order valence-electron chi connectivity index (χ0n) is 15.6. The Morgan fingerprint density at radius 3 is 2.65 bits per heavy atom. The topological polar surface area (TPSA) is 37.6 Å². The fourth-order valence-corrected chi connectivity index (χ4v) is 4.43. The Morgan fingerprint density at radius 2 is 1.96 bits per heavy atom. The second-order valence-corrected chi connectivity index (χ2v) is 8.39. The fourth-order valence-electron chi connectivity index (χ4n) is 2.78. The summed E-state index contributed by atoms with van der Waals surface area (Å²) in [7, 11) is 4.20. The third-order valence-electron chi connectivity index (χ3n) is 4.26. The summed E-state index contributed by atoms with van der Waals surface area (Å²) in [4.78, 5) is 22.3. The molecule has 3 aromatic rings. The summed E-state index contributed by atoms with van der Waals surface area (Å²) in [6, 6.07) is 14.0. The molecule has 1 heterocycles. The van der Waals surface area contributed by atoms with E-state index in [1.165, 1.54) is 4.90 Å². The highest BCUT2D eigenvalue weighted by Crippen LogP contribution is 2.32. The lowest BCUT2D eigenvalue weighted by Crippen LogP contribution is -3.06. The van der Waals surface area contributed by atoms with Crippen molar-refractivity contribution >= 4 is 44.4 Å². The van der Waals surface area contributed by atoms with Gasteiger partial charge in [0.2, 0.25) is 0 Å². The van der Waals surface area contributed by atoms with Gasteiger partial charge in [-0.1, -0.05) is 35.6 Å². The average molecular weight is 387 g/mol. The van der Waals surface area contributed by atoms with Crippen molar-refractivity contribution in [1.82, 2.24) is 4.98 Å². The Hall–Kier alpha value is -1.89. The van der Waals surface area contributed by atoms with E-state index in [0.717, 1.165) is 37.9 Å². The van der Waals surface area contributed by atoms with Gasteiger partial charge in [-0.05, 0) is 36.9 Å². The highest BCUT2D eigenvalue weighted by molar-refractivity contribution is 7.98. The maximum absolute atomic E-state index is 13.4. The first kappa shape index (κ1) is 18.9. The third kappa shape index (κ3) is 3.92. The number of carbonyl (C=O) groups excluding carboxylic acids is 1. The van der Waals surface area contributed by atoms with Gasteiger partial charge in [0, 0.05) is 4.90 Å². The van der Waals surface area contributed by atoms with Crippen molar-refractivity contribution in [2.24, 2.45) is 0 Å². The number of fused-ring (bicyclic) bond motifs is 1. The van der Waals surface area contributed by atoms with Crippen LogP contribution in [0.5, 0.6) is 0 Å². The molecule has 6 heteroatoms. The normalized spacial score (nSPS) is 11.3. The van der Waals surface area contributed by atoms with Gasteiger partial charge in [0.15, 0.2) is 5.13 Å². The number of nitrogens with one attached hydrogen (secondary N) is 1. The largest absolute Gasteiger partial charge is 0.338 e. The molecule has 3 rings (SSSR count). The summed E-state index contributed by atoms with van der Waals surface area (Å²) >= 11 is 3.18. The lowest BCUT2D eigenvalue weighted by Gasteiger charge is -2.21. The number of rotatable bonds is 6. The molecule has 0 saturated carbocycles. The molecule has 2 aromatic carbocycles. The predicted molar refractivity (Wildman–Crippen MR) is 112 cm³/mol. The standard InChI is InChI=1S/C20H23N3OS2/c1-14-8-7-11-17-18(14)21-20(26-17)23(13-12-22(2)3)19(24)15-9-5-6-10-16(15)25-4/h5-11H,12-13H2,1-4H3/p+1.